The summed E-state index contributed by atoms with van der Waals surface area (Å²) in [6.45, 7) is 5.66. The first kappa shape index (κ1) is 8.52. The number of rotatable bonds is 1. The number of likely N-dealkylation sites (tertiary alicyclic amines) is 1. The van der Waals surface area contributed by atoms with Crippen LogP contribution in [0, 0.1) is 5.92 Å². The molecule has 0 aromatic carbocycles. The molecule has 0 spiro atoms. The number of hydrogen-bond acceptors (Lipinski definition) is 2. The Hall–Kier alpha value is -0.0800. The molecule has 1 heterocycles. The molecule has 2 nitrogen and oxygen atoms in total. The summed E-state index contributed by atoms with van der Waals surface area (Å²) in [4.78, 5) is 2.47. The van der Waals surface area contributed by atoms with Gasteiger partial charge >= 0.3 is 0 Å². The van der Waals surface area contributed by atoms with E-state index >= 15 is 0 Å². The van der Waals surface area contributed by atoms with Crippen molar-refractivity contribution in [2.75, 3.05) is 6.54 Å². The maximum atomic E-state index is 9.78. The molecule has 3 atom stereocenters. The molecule has 12 heavy (non-hydrogen) atoms. The Bertz CT molecular complexity index is 169. The molecule has 0 radical (unpaired) electrons. The van der Waals surface area contributed by atoms with Crippen molar-refractivity contribution in [3.05, 3.63) is 0 Å². The van der Waals surface area contributed by atoms with Crippen LogP contribution in [0.3, 0.4) is 0 Å². The molecular weight excluding hydrogens is 150 g/mol. The van der Waals surface area contributed by atoms with Gasteiger partial charge in [0, 0.05) is 12.1 Å². The van der Waals surface area contributed by atoms with Crippen molar-refractivity contribution >= 4 is 0 Å². The van der Waals surface area contributed by atoms with Gasteiger partial charge in [0.1, 0.15) is 0 Å². The number of hydrogen-bond donors (Lipinski definition) is 1. The number of aliphatic hydroxyl groups is 1. The van der Waals surface area contributed by atoms with E-state index in [9.17, 15) is 5.11 Å². The topological polar surface area (TPSA) is 23.5 Å². The van der Waals surface area contributed by atoms with Gasteiger partial charge in [0.15, 0.2) is 0 Å². The largest absolute Gasteiger partial charge is 0.391 e. The average Bonchev–Trinajstić information content (AvgIpc) is 2.53. The average molecular weight is 169 g/mol. The van der Waals surface area contributed by atoms with Gasteiger partial charge in [-0.25, -0.2) is 0 Å². The Kier molecular flexibility index (Phi) is 2.13. The predicted molar refractivity (Wildman–Crippen MR) is 49.0 cm³/mol. The van der Waals surface area contributed by atoms with Gasteiger partial charge in [0.25, 0.3) is 0 Å². The minimum Gasteiger partial charge on any atom is -0.391 e. The molecule has 2 rings (SSSR count). The third-order valence-electron chi connectivity index (χ3n) is 3.51. The lowest BCUT2D eigenvalue weighted by Gasteiger charge is -2.29. The Morgan fingerprint density at radius 1 is 1.25 bits per heavy atom. The lowest BCUT2D eigenvalue weighted by molar-refractivity contribution is 0.0682. The van der Waals surface area contributed by atoms with Crippen molar-refractivity contribution in [2.24, 2.45) is 5.92 Å². The zero-order chi connectivity index (χ0) is 8.72. The van der Waals surface area contributed by atoms with Gasteiger partial charge in [-0.05, 0) is 45.6 Å². The van der Waals surface area contributed by atoms with Crippen molar-refractivity contribution in [3.63, 3.8) is 0 Å². The molecule has 1 saturated heterocycles. The summed E-state index contributed by atoms with van der Waals surface area (Å²) in [5, 5.41) is 9.78. The van der Waals surface area contributed by atoms with Crippen molar-refractivity contribution in [3.8, 4) is 0 Å². The van der Waals surface area contributed by atoms with Crippen LogP contribution in [0.25, 0.3) is 0 Å². The minimum atomic E-state index is -0.0418. The SMILES string of the molecule is CC(C)N1CCC2CC[C@@H](O)C21. The fourth-order valence-corrected chi connectivity index (χ4v) is 2.91. The highest BCUT2D eigenvalue weighted by molar-refractivity contribution is 4.97. The zero-order valence-corrected chi connectivity index (χ0v) is 8.03. The molecule has 0 bridgehead atoms. The lowest BCUT2D eigenvalue weighted by Crippen LogP contribution is -2.42. The van der Waals surface area contributed by atoms with E-state index in [1.165, 1.54) is 19.4 Å². The van der Waals surface area contributed by atoms with Crippen LogP contribution in [0.15, 0.2) is 0 Å². The summed E-state index contributed by atoms with van der Waals surface area (Å²) in [6.07, 6.45) is 3.54. The quantitative estimate of drug-likeness (QED) is 0.638. The summed E-state index contributed by atoms with van der Waals surface area (Å²) < 4.78 is 0. The molecule has 2 heteroatoms. The Morgan fingerprint density at radius 2 is 2.00 bits per heavy atom. The van der Waals surface area contributed by atoms with Crippen LogP contribution in [0.2, 0.25) is 0 Å². The zero-order valence-electron chi connectivity index (χ0n) is 8.03. The fourth-order valence-electron chi connectivity index (χ4n) is 2.91. The van der Waals surface area contributed by atoms with E-state index in [-0.39, 0.29) is 6.10 Å². The molecule has 0 aromatic heterocycles. The van der Waals surface area contributed by atoms with Gasteiger partial charge in [-0.1, -0.05) is 0 Å². The molecule has 1 aliphatic carbocycles. The number of nitrogens with zero attached hydrogens (tertiary/aromatic N) is 1. The van der Waals surface area contributed by atoms with Crippen LogP contribution >= 0.6 is 0 Å². The minimum absolute atomic E-state index is 0.0418. The van der Waals surface area contributed by atoms with Crippen molar-refractivity contribution in [1.82, 2.24) is 4.90 Å². The first-order valence-corrected chi connectivity index (χ1v) is 5.14. The van der Waals surface area contributed by atoms with E-state index in [0.29, 0.717) is 12.1 Å². The van der Waals surface area contributed by atoms with Gasteiger partial charge in [0.2, 0.25) is 0 Å². The highest BCUT2D eigenvalue weighted by atomic mass is 16.3. The highest BCUT2D eigenvalue weighted by Crippen LogP contribution is 2.38. The molecule has 1 N–H and O–H groups in total. The van der Waals surface area contributed by atoms with Crippen molar-refractivity contribution in [1.29, 1.82) is 0 Å². The molecule has 0 amide bonds. The van der Waals surface area contributed by atoms with E-state index < -0.39 is 0 Å². The highest BCUT2D eigenvalue weighted by Gasteiger charge is 2.43. The third-order valence-corrected chi connectivity index (χ3v) is 3.51. The van der Waals surface area contributed by atoms with Crippen LogP contribution in [-0.4, -0.2) is 34.7 Å². The molecule has 2 fully saturated rings. The Morgan fingerprint density at radius 3 is 2.67 bits per heavy atom. The number of aliphatic hydroxyl groups excluding tert-OH is 1. The van der Waals surface area contributed by atoms with Gasteiger partial charge < -0.3 is 5.11 Å². The number of fused-ring (bicyclic) bond motifs is 1. The molecule has 70 valence electrons. The van der Waals surface area contributed by atoms with E-state index in [2.05, 4.69) is 18.7 Å². The second-order valence-corrected chi connectivity index (χ2v) is 4.52. The van der Waals surface area contributed by atoms with E-state index in [4.69, 9.17) is 0 Å². The fraction of sp³-hybridized carbons (Fsp3) is 1.00. The second-order valence-electron chi connectivity index (χ2n) is 4.52. The summed E-state index contributed by atoms with van der Waals surface area (Å²) in [5.74, 6) is 0.794. The van der Waals surface area contributed by atoms with Crippen LogP contribution < -0.4 is 0 Å². The maximum absolute atomic E-state index is 9.78. The van der Waals surface area contributed by atoms with E-state index in [1.807, 2.05) is 0 Å². The van der Waals surface area contributed by atoms with Crippen LogP contribution in [0.4, 0.5) is 0 Å². The summed E-state index contributed by atoms with van der Waals surface area (Å²) in [5.41, 5.74) is 0. The maximum Gasteiger partial charge on any atom is 0.0698 e. The second kappa shape index (κ2) is 3.00. The Balaban J connectivity index is 2.09. The molecule has 2 unspecified atom stereocenters. The summed E-state index contributed by atoms with van der Waals surface area (Å²) in [7, 11) is 0. The predicted octanol–water partition coefficient (Wildman–Crippen LogP) is 1.24. The molecule has 1 aliphatic heterocycles. The van der Waals surface area contributed by atoms with Crippen LogP contribution in [-0.2, 0) is 0 Å². The van der Waals surface area contributed by atoms with Crippen molar-refractivity contribution < 1.29 is 5.11 Å². The molecule has 1 saturated carbocycles. The van der Waals surface area contributed by atoms with Gasteiger partial charge in [-0.15, -0.1) is 0 Å². The first-order chi connectivity index (χ1) is 5.70. The van der Waals surface area contributed by atoms with E-state index in [0.717, 1.165) is 12.3 Å². The van der Waals surface area contributed by atoms with Gasteiger partial charge in [-0.3, -0.25) is 4.90 Å². The van der Waals surface area contributed by atoms with Crippen LogP contribution in [0.1, 0.15) is 33.1 Å². The summed E-state index contributed by atoms with van der Waals surface area (Å²) in [6, 6.07) is 1.10. The van der Waals surface area contributed by atoms with E-state index in [1.54, 1.807) is 0 Å². The Labute approximate surface area is 74.6 Å². The monoisotopic (exact) mass is 169 g/mol. The summed E-state index contributed by atoms with van der Waals surface area (Å²) >= 11 is 0. The standard InChI is InChI=1S/C10H19NO/c1-7(2)11-6-5-8-3-4-9(12)10(8)11/h7-10,12H,3-6H2,1-2H3/t8?,9-,10?/m1/s1. The normalized spacial score (nSPS) is 42.5. The molecular formula is C10H19NO. The van der Waals surface area contributed by atoms with Gasteiger partial charge in [0.05, 0.1) is 6.10 Å². The smallest absolute Gasteiger partial charge is 0.0698 e. The molecule has 0 aromatic rings. The first-order valence-electron chi connectivity index (χ1n) is 5.14. The lowest BCUT2D eigenvalue weighted by atomic mass is 10.0. The van der Waals surface area contributed by atoms with Gasteiger partial charge in [-0.2, -0.15) is 0 Å². The van der Waals surface area contributed by atoms with Crippen LogP contribution in [0.5, 0.6) is 0 Å². The van der Waals surface area contributed by atoms with Crippen molar-refractivity contribution in [2.45, 2.75) is 51.3 Å². The third kappa shape index (κ3) is 1.17. The molecule has 2 aliphatic rings.